The molecule has 6 heteroatoms. The maximum atomic E-state index is 12.8. The Labute approximate surface area is 159 Å². The zero-order chi connectivity index (χ0) is 18.8. The summed E-state index contributed by atoms with van der Waals surface area (Å²) in [5.41, 5.74) is 4.98. The molecule has 2 aromatic carbocycles. The molecular formula is C21H23N5O. The number of amides is 1. The molecule has 0 unspecified atom stereocenters. The molecule has 1 aliphatic rings. The number of carbonyl (C=O) groups excluding carboxylic acids is 1. The number of carbonyl (C=O) groups is 1. The Morgan fingerprint density at radius 3 is 2.33 bits per heavy atom. The van der Waals surface area contributed by atoms with Gasteiger partial charge in [0.1, 0.15) is 0 Å². The van der Waals surface area contributed by atoms with Crippen LogP contribution in [0.15, 0.2) is 54.7 Å². The van der Waals surface area contributed by atoms with Gasteiger partial charge in [-0.2, -0.15) is 0 Å². The smallest absolute Gasteiger partial charge is 0.276 e. The van der Waals surface area contributed by atoms with E-state index in [1.807, 2.05) is 36.1 Å². The van der Waals surface area contributed by atoms with Crippen LogP contribution in [-0.2, 0) is 0 Å². The topological polar surface area (TPSA) is 54.3 Å². The predicted octanol–water partition coefficient (Wildman–Crippen LogP) is 2.85. The second-order valence-electron chi connectivity index (χ2n) is 6.95. The lowest BCUT2D eigenvalue weighted by Gasteiger charge is -2.36. The van der Waals surface area contributed by atoms with Gasteiger partial charge in [-0.3, -0.25) is 4.79 Å². The van der Waals surface area contributed by atoms with Gasteiger partial charge in [-0.05, 0) is 37.6 Å². The number of anilines is 1. The zero-order valence-electron chi connectivity index (χ0n) is 15.7. The quantitative estimate of drug-likeness (QED) is 0.720. The molecule has 1 aliphatic heterocycles. The standard InChI is InChI=1S/C21H23N5O/c1-16-7-9-18(10-8-16)26-15-19(22-23-26)21(27)25-13-11-24(12-14-25)20-6-4-3-5-17(20)2/h3-10,15H,11-14H2,1-2H3. The fraction of sp³-hybridized carbons (Fsp3) is 0.286. The van der Waals surface area contributed by atoms with E-state index in [1.54, 1.807) is 10.9 Å². The zero-order valence-corrected chi connectivity index (χ0v) is 15.7. The lowest BCUT2D eigenvalue weighted by molar-refractivity contribution is 0.0740. The average Bonchev–Trinajstić information content (AvgIpc) is 3.19. The van der Waals surface area contributed by atoms with Crippen LogP contribution in [0.25, 0.3) is 5.69 Å². The van der Waals surface area contributed by atoms with Crippen molar-refractivity contribution < 1.29 is 4.79 Å². The minimum atomic E-state index is -0.0576. The lowest BCUT2D eigenvalue weighted by atomic mass is 10.1. The van der Waals surface area contributed by atoms with Gasteiger partial charge in [0.2, 0.25) is 0 Å². The van der Waals surface area contributed by atoms with Crippen molar-refractivity contribution in [1.82, 2.24) is 19.9 Å². The highest BCUT2D eigenvalue weighted by atomic mass is 16.2. The van der Waals surface area contributed by atoms with Crippen molar-refractivity contribution in [3.63, 3.8) is 0 Å². The van der Waals surface area contributed by atoms with Crippen LogP contribution in [0.5, 0.6) is 0 Å². The van der Waals surface area contributed by atoms with Crippen molar-refractivity contribution >= 4 is 11.6 Å². The number of nitrogens with zero attached hydrogens (tertiary/aromatic N) is 5. The molecule has 0 atom stereocenters. The summed E-state index contributed by atoms with van der Waals surface area (Å²) in [6.45, 7) is 7.17. The minimum absolute atomic E-state index is 0.0576. The molecule has 0 radical (unpaired) electrons. The number of rotatable bonds is 3. The normalized spacial score (nSPS) is 14.4. The number of hydrogen-bond donors (Lipinski definition) is 0. The fourth-order valence-electron chi connectivity index (χ4n) is 3.42. The maximum Gasteiger partial charge on any atom is 0.276 e. The van der Waals surface area contributed by atoms with Crippen LogP contribution >= 0.6 is 0 Å². The molecule has 0 bridgehead atoms. The van der Waals surface area contributed by atoms with E-state index >= 15 is 0 Å². The Morgan fingerprint density at radius 1 is 0.926 bits per heavy atom. The van der Waals surface area contributed by atoms with Gasteiger partial charge in [0.15, 0.2) is 5.69 Å². The van der Waals surface area contributed by atoms with E-state index in [9.17, 15) is 4.79 Å². The lowest BCUT2D eigenvalue weighted by Crippen LogP contribution is -2.49. The molecule has 0 N–H and O–H groups in total. The van der Waals surface area contributed by atoms with Gasteiger partial charge in [0.05, 0.1) is 11.9 Å². The minimum Gasteiger partial charge on any atom is -0.368 e. The molecule has 2 heterocycles. The summed E-state index contributed by atoms with van der Waals surface area (Å²) in [6, 6.07) is 16.3. The third-order valence-corrected chi connectivity index (χ3v) is 5.03. The summed E-state index contributed by atoms with van der Waals surface area (Å²) in [5, 5.41) is 8.20. The molecule has 1 saturated heterocycles. The molecule has 6 nitrogen and oxygen atoms in total. The largest absolute Gasteiger partial charge is 0.368 e. The fourth-order valence-corrected chi connectivity index (χ4v) is 3.42. The highest BCUT2D eigenvalue weighted by molar-refractivity contribution is 5.92. The van der Waals surface area contributed by atoms with Gasteiger partial charge in [0.25, 0.3) is 5.91 Å². The van der Waals surface area contributed by atoms with E-state index in [2.05, 4.69) is 46.4 Å². The number of piperazine rings is 1. The van der Waals surface area contributed by atoms with E-state index in [1.165, 1.54) is 16.8 Å². The van der Waals surface area contributed by atoms with Crippen LogP contribution in [0, 0.1) is 13.8 Å². The third kappa shape index (κ3) is 3.56. The van der Waals surface area contributed by atoms with Gasteiger partial charge in [-0.15, -0.1) is 5.10 Å². The van der Waals surface area contributed by atoms with E-state index in [0.717, 1.165) is 18.8 Å². The first-order chi connectivity index (χ1) is 13.1. The molecular weight excluding hydrogens is 338 g/mol. The Kier molecular flexibility index (Phi) is 4.62. The van der Waals surface area contributed by atoms with Crippen LogP contribution in [0.4, 0.5) is 5.69 Å². The molecule has 0 saturated carbocycles. The Morgan fingerprint density at radius 2 is 1.63 bits per heavy atom. The third-order valence-electron chi connectivity index (χ3n) is 5.03. The van der Waals surface area contributed by atoms with Crippen LogP contribution < -0.4 is 4.90 Å². The summed E-state index contributed by atoms with van der Waals surface area (Å²) in [6.07, 6.45) is 1.71. The van der Waals surface area contributed by atoms with Gasteiger partial charge in [-0.1, -0.05) is 41.1 Å². The first kappa shape index (κ1) is 17.3. The van der Waals surface area contributed by atoms with E-state index in [-0.39, 0.29) is 5.91 Å². The Bertz CT molecular complexity index is 939. The highest BCUT2D eigenvalue weighted by Crippen LogP contribution is 2.21. The molecule has 3 aromatic rings. The van der Waals surface area contributed by atoms with Crippen molar-refractivity contribution in [3.8, 4) is 5.69 Å². The highest BCUT2D eigenvalue weighted by Gasteiger charge is 2.24. The number of para-hydroxylation sites is 1. The SMILES string of the molecule is Cc1ccc(-n2cc(C(=O)N3CCN(c4ccccc4C)CC3)nn2)cc1. The molecule has 138 valence electrons. The van der Waals surface area contributed by atoms with E-state index in [4.69, 9.17) is 0 Å². The molecule has 1 aromatic heterocycles. The van der Waals surface area contributed by atoms with Crippen LogP contribution in [0.1, 0.15) is 21.6 Å². The first-order valence-electron chi connectivity index (χ1n) is 9.21. The maximum absolute atomic E-state index is 12.8. The van der Waals surface area contributed by atoms with Crippen molar-refractivity contribution in [2.24, 2.45) is 0 Å². The van der Waals surface area contributed by atoms with Gasteiger partial charge >= 0.3 is 0 Å². The number of benzene rings is 2. The van der Waals surface area contributed by atoms with Gasteiger partial charge in [0, 0.05) is 31.9 Å². The van der Waals surface area contributed by atoms with Crippen molar-refractivity contribution in [3.05, 3.63) is 71.5 Å². The summed E-state index contributed by atoms with van der Waals surface area (Å²) in [5.74, 6) is -0.0576. The van der Waals surface area contributed by atoms with Crippen molar-refractivity contribution in [1.29, 1.82) is 0 Å². The summed E-state index contributed by atoms with van der Waals surface area (Å²) in [4.78, 5) is 17.0. The summed E-state index contributed by atoms with van der Waals surface area (Å²) in [7, 11) is 0. The monoisotopic (exact) mass is 361 g/mol. The second kappa shape index (κ2) is 7.23. The summed E-state index contributed by atoms with van der Waals surface area (Å²) < 4.78 is 1.65. The van der Waals surface area contributed by atoms with E-state index < -0.39 is 0 Å². The number of aromatic nitrogens is 3. The number of aryl methyl sites for hydroxylation is 2. The van der Waals surface area contributed by atoms with Crippen LogP contribution in [0.2, 0.25) is 0 Å². The van der Waals surface area contributed by atoms with Gasteiger partial charge in [-0.25, -0.2) is 4.68 Å². The average molecular weight is 361 g/mol. The van der Waals surface area contributed by atoms with E-state index in [0.29, 0.717) is 18.8 Å². The Balaban J connectivity index is 1.43. The van der Waals surface area contributed by atoms with Gasteiger partial charge < -0.3 is 9.80 Å². The molecule has 1 amide bonds. The van der Waals surface area contributed by atoms with Crippen LogP contribution in [0.3, 0.4) is 0 Å². The van der Waals surface area contributed by atoms with Crippen molar-refractivity contribution in [2.75, 3.05) is 31.1 Å². The molecule has 0 aliphatic carbocycles. The molecule has 4 rings (SSSR count). The van der Waals surface area contributed by atoms with Crippen molar-refractivity contribution in [2.45, 2.75) is 13.8 Å². The Hall–Kier alpha value is -3.15. The molecule has 1 fully saturated rings. The first-order valence-corrected chi connectivity index (χ1v) is 9.21. The second-order valence-corrected chi connectivity index (χ2v) is 6.95. The number of hydrogen-bond acceptors (Lipinski definition) is 4. The predicted molar refractivity (Wildman–Crippen MR) is 105 cm³/mol. The molecule has 27 heavy (non-hydrogen) atoms. The van der Waals surface area contributed by atoms with Crippen LogP contribution in [-0.4, -0.2) is 52.0 Å². The summed E-state index contributed by atoms with van der Waals surface area (Å²) >= 11 is 0. The molecule has 0 spiro atoms.